The van der Waals surface area contributed by atoms with Gasteiger partial charge in [-0.3, -0.25) is 4.79 Å². The fraction of sp³-hybridized carbons (Fsp3) is 0.636. The van der Waals surface area contributed by atoms with Crippen LogP contribution in [0.2, 0.25) is 0 Å². The molecule has 1 amide bonds. The summed E-state index contributed by atoms with van der Waals surface area (Å²) in [7, 11) is 0. The number of nitrogens with one attached hydrogen (secondary N) is 2. The number of hydrogen-bond acceptors (Lipinski definition) is 6. The zero-order valence-electron chi connectivity index (χ0n) is 10.9. The summed E-state index contributed by atoms with van der Waals surface area (Å²) < 4.78 is 1.68. The molecule has 0 aliphatic rings. The number of carbonyl (C=O) groups excluding carboxylic acids is 1. The zero-order chi connectivity index (χ0) is 13.9. The maximum absolute atomic E-state index is 11.4. The minimum absolute atomic E-state index is 0.124. The van der Waals surface area contributed by atoms with E-state index in [-0.39, 0.29) is 18.2 Å². The second kappa shape index (κ2) is 9.35. The van der Waals surface area contributed by atoms with Gasteiger partial charge in [0, 0.05) is 6.54 Å². The fourth-order valence-electron chi connectivity index (χ4n) is 1.26. The topological polar surface area (TPSA) is 84.7 Å². The lowest BCUT2D eigenvalue weighted by Crippen LogP contribution is -2.25. The van der Waals surface area contributed by atoms with Gasteiger partial charge in [-0.05, 0) is 23.4 Å². The first-order chi connectivity index (χ1) is 9.27. The van der Waals surface area contributed by atoms with Crippen molar-refractivity contribution >= 4 is 17.7 Å². The van der Waals surface area contributed by atoms with Gasteiger partial charge < -0.3 is 10.6 Å². The van der Waals surface area contributed by atoms with Gasteiger partial charge in [0.2, 0.25) is 11.1 Å². The highest BCUT2D eigenvalue weighted by atomic mass is 32.2. The summed E-state index contributed by atoms with van der Waals surface area (Å²) in [5, 5.41) is 17.9. The van der Waals surface area contributed by atoms with Crippen LogP contribution in [0.25, 0.3) is 0 Å². The Kier molecular flexibility index (Phi) is 7.62. The van der Waals surface area contributed by atoms with Crippen molar-refractivity contribution < 1.29 is 4.79 Å². The Balaban J connectivity index is 2.32. The van der Waals surface area contributed by atoms with Gasteiger partial charge in [-0.1, -0.05) is 24.6 Å². The van der Waals surface area contributed by atoms with Gasteiger partial charge in [0.05, 0.1) is 18.8 Å². The van der Waals surface area contributed by atoms with Crippen LogP contribution in [0.15, 0.2) is 5.16 Å². The number of carbonyl (C=O) groups is 1. The second-order valence-corrected chi connectivity index (χ2v) is 4.65. The molecule has 0 radical (unpaired) electrons. The van der Waals surface area contributed by atoms with Crippen molar-refractivity contribution in [2.24, 2.45) is 0 Å². The van der Waals surface area contributed by atoms with E-state index in [0.717, 1.165) is 19.5 Å². The third kappa shape index (κ3) is 6.22. The molecule has 7 nitrogen and oxygen atoms in total. The van der Waals surface area contributed by atoms with E-state index in [1.165, 1.54) is 11.8 Å². The Morgan fingerprint density at radius 3 is 3.11 bits per heavy atom. The highest BCUT2D eigenvalue weighted by molar-refractivity contribution is 7.99. The van der Waals surface area contributed by atoms with E-state index in [2.05, 4.69) is 39.0 Å². The van der Waals surface area contributed by atoms with Gasteiger partial charge >= 0.3 is 0 Å². The number of rotatable bonds is 9. The fourth-order valence-corrected chi connectivity index (χ4v) is 1.99. The quantitative estimate of drug-likeness (QED) is 0.361. The van der Waals surface area contributed by atoms with Crippen molar-refractivity contribution in [3.8, 4) is 12.3 Å². The first kappa shape index (κ1) is 15.5. The van der Waals surface area contributed by atoms with Gasteiger partial charge in [-0.25, -0.2) is 4.68 Å². The summed E-state index contributed by atoms with van der Waals surface area (Å²) in [4.78, 5) is 11.4. The Hall–Kier alpha value is -1.59. The minimum atomic E-state index is -0.124. The predicted molar refractivity (Wildman–Crippen MR) is 73.5 cm³/mol. The number of thioether (sulfide) groups is 1. The molecule has 2 N–H and O–H groups in total. The molecule has 1 heterocycles. The first-order valence-corrected chi connectivity index (χ1v) is 7.06. The monoisotopic (exact) mass is 282 g/mol. The highest BCUT2D eigenvalue weighted by Crippen LogP contribution is 2.12. The molecule has 0 bridgehead atoms. The van der Waals surface area contributed by atoms with Crippen LogP contribution in [0.1, 0.15) is 13.3 Å². The Bertz CT molecular complexity index is 427. The largest absolute Gasteiger partial charge is 0.344 e. The molecule has 1 aromatic rings. The summed E-state index contributed by atoms with van der Waals surface area (Å²) >= 11 is 1.29. The van der Waals surface area contributed by atoms with Crippen molar-refractivity contribution in [1.82, 2.24) is 30.8 Å². The molecular weight excluding hydrogens is 264 g/mol. The third-order valence-corrected chi connectivity index (χ3v) is 3.10. The highest BCUT2D eigenvalue weighted by Gasteiger charge is 2.09. The van der Waals surface area contributed by atoms with Crippen LogP contribution < -0.4 is 10.6 Å². The van der Waals surface area contributed by atoms with E-state index in [9.17, 15) is 4.79 Å². The summed E-state index contributed by atoms with van der Waals surface area (Å²) in [6.07, 6.45) is 6.15. The number of amides is 1. The number of hydrogen-bond donors (Lipinski definition) is 2. The van der Waals surface area contributed by atoms with E-state index in [1.807, 2.05) is 0 Å². The first-order valence-electron chi connectivity index (χ1n) is 6.07. The van der Waals surface area contributed by atoms with E-state index in [4.69, 9.17) is 6.42 Å². The average Bonchev–Trinajstić information content (AvgIpc) is 2.86. The van der Waals surface area contributed by atoms with Crippen LogP contribution in [0.3, 0.4) is 0 Å². The summed E-state index contributed by atoms with van der Waals surface area (Å²) in [6, 6.07) is 0. The van der Waals surface area contributed by atoms with E-state index in [0.29, 0.717) is 11.7 Å². The van der Waals surface area contributed by atoms with Crippen molar-refractivity contribution in [2.45, 2.75) is 25.0 Å². The van der Waals surface area contributed by atoms with Crippen molar-refractivity contribution in [2.75, 3.05) is 25.4 Å². The van der Waals surface area contributed by atoms with Crippen molar-refractivity contribution in [3.63, 3.8) is 0 Å². The smallest absolute Gasteiger partial charge is 0.231 e. The molecule has 1 aromatic heterocycles. The van der Waals surface area contributed by atoms with E-state index < -0.39 is 0 Å². The minimum Gasteiger partial charge on any atom is -0.344 e. The molecule has 19 heavy (non-hydrogen) atoms. The normalized spacial score (nSPS) is 10.1. The van der Waals surface area contributed by atoms with Gasteiger partial charge in [0.15, 0.2) is 0 Å². The average molecular weight is 282 g/mol. The van der Waals surface area contributed by atoms with Crippen LogP contribution in [-0.4, -0.2) is 51.5 Å². The van der Waals surface area contributed by atoms with Crippen LogP contribution in [0, 0.1) is 12.3 Å². The molecule has 0 saturated carbocycles. The predicted octanol–water partition coefficient (Wildman–Crippen LogP) is -0.486. The Morgan fingerprint density at radius 2 is 2.37 bits per heavy atom. The molecule has 0 aromatic carbocycles. The van der Waals surface area contributed by atoms with Crippen LogP contribution in [0.4, 0.5) is 0 Å². The molecule has 0 atom stereocenters. The van der Waals surface area contributed by atoms with Crippen LogP contribution >= 0.6 is 11.8 Å². The molecule has 0 aliphatic carbocycles. The maximum Gasteiger partial charge on any atom is 0.231 e. The molecule has 0 fully saturated rings. The lowest BCUT2D eigenvalue weighted by Gasteiger charge is -2.05. The van der Waals surface area contributed by atoms with Gasteiger partial charge in [-0.15, -0.1) is 11.5 Å². The molecule has 104 valence electrons. The Labute approximate surface area is 116 Å². The van der Waals surface area contributed by atoms with Crippen molar-refractivity contribution in [3.05, 3.63) is 0 Å². The molecule has 1 rings (SSSR count). The van der Waals surface area contributed by atoms with E-state index >= 15 is 0 Å². The van der Waals surface area contributed by atoms with Crippen LogP contribution in [0.5, 0.6) is 0 Å². The zero-order valence-corrected chi connectivity index (χ0v) is 11.7. The molecule has 0 saturated heterocycles. The standard InChI is InChI=1S/C11H18N6OS/c1-3-5-12-7-8-17-11(14-15-16-17)19-9-10(18)13-6-4-2/h2,12H,3,5-9H2,1H3,(H,13,18). The number of tetrazole rings is 1. The SMILES string of the molecule is C#CCNC(=O)CSc1nnnn1CCNCCC. The number of aromatic nitrogens is 4. The Morgan fingerprint density at radius 1 is 1.53 bits per heavy atom. The number of terminal acetylenes is 1. The van der Waals surface area contributed by atoms with Crippen molar-refractivity contribution in [1.29, 1.82) is 0 Å². The molecule has 0 spiro atoms. The molecule has 8 heteroatoms. The lowest BCUT2D eigenvalue weighted by atomic mass is 10.5. The maximum atomic E-state index is 11.4. The summed E-state index contributed by atoms with van der Waals surface area (Å²) in [5.74, 6) is 2.48. The van der Waals surface area contributed by atoms with Gasteiger partial charge in [-0.2, -0.15) is 0 Å². The summed E-state index contributed by atoms with van der Waals surface area (Å²) in [5.41, 5.74) is 0. The molecule has 0 aliphatic heterocycles. The second-order valence-electron chi connectivity index (χ2n) is 3.70. The molecule has 0 unspecified atom stereocenters. The van der Waals surface area contributed by atoms with Gasteiger partial charge in [0.25, 0.3) is 0 Å². The summed E-state index contributed by atoms with van der Waals surface area (Å²) in [6.45, 7) is 4.81. The molecular formula is C11H18N6OS. The number of nitrogens with zero attached hydrogens (tertiary/aromatic N) is 4. The van der Waals surface area contributed by atoms with E-state index in [1.54, 1.807) is 4.68 Å². The van der Waals surface area contributed by atoms with Crippen LogP contribution in [-0.2, 0) is 11.3 Å². The lowest BCUT2D eigenvalue weighted by molar-refractivity contribution is -0.118. The third-order valence-electron chi connectivity index (χ3n) is 2.15. The van der Waals surface area contributed by atoms with Gasteiger partial charge in [0.1, 0.15) is 0 Å².